The quantitative estimate of drug-likeness (QED) is 0.754. The Bertz CT molecular complexity index is 615. The molecule has 1 aliphatic rings. The summed E-state index contributed by atoms with van der Waals surface area (Å²) in [4.78, 5) is 11.8. The van der Waals surface area contributed by atoms with Crippen molar-refractivity contribution in [1.82, 2.24) is 10.0 Å². The maximum atomic E-state index is 11.8. The Kier molecular flexibility index (Phi) is 6.23. The molecule has 0 radical (unpaired) electrons. The number of benzene rings is 1. The molecule has 0 unspecified atom stereocenters. The normalized spacial score (nSPS) is 15.3. The van der Waals surface area contributed by atoms with Gasteiger partial charge in [0.2, 0.25) is 15.9 Å². The van der Waals surface area contributed by atoms with Gasteiger partial charge in [-0.25, -0.2) is 13.1 Å². The van der Waals surface area contributed by atoms with Gasteiger partial charge < -0.3 is 5.32 Å². The van der Waals surface area contributed by atoms with Gasteiger partial charge in [0.15, 0.2) is 0 Å². The molecule has 0 atom stereocenters. The predicted molar refractivity (Wildman–Crippen MR) is 87.3 cm³/mol. The predicted octanol–water partition coefficient (Wildman–Crippen LogP) is 1.72. The van der Waals surface area contributed by atoms with E-state index in [1.165, 1.54) is 6.42 Å². The molecule has 1 aromatic rings. The fraction of sp³-hybridized carbons (Fsp3) is 0.533. The molecule has 0 aliphatic heterocycles. The molecule has 0 aromatic heterocycles. The van der Waals surface area contributed by atoms with Crippen LogP contribution < -0.4 is 10.0 Å². The van der Waals surface area contributed by atoms with E-state index in [1.54, 1.807) is 18.2 Å². The zero-order valence-electron chi connectivity index (χ0n) is 12.3. The second-order valence-electron chi connectivity index (χ2n) is 5.58. The van der Waals surface area contributed by atoms with Crippen molar-refractivity contribution in [1.29, 1.82) is 0 Å². The van der Waals surface area contributed by atoms with Crippen molar-refractivity contribution in [2.75, 3.05) is 18.8 Å². The molecule has 5 nitrogen and oxygen atoms in total. The van der Waals surface area contributed by atoms with Gasteiger partial charge in [0.25, 0.3) is 0 Å². The monoisotopic (exact) mass is 344 g/mol. The standard InChI is InChI=1S/C15H21ClN2O3S/c16-14-7-2-1-6-13(14)10-15(19)17-8-9-22(20,21)18-11-12-4-3-5-12/h1-2,6-7,12,18H,3-5,8-11H2,(H,17,19). The van der Waals surface area contributed by atoms with Gasteiger partial charge in [-0.1, -0.05) is 36.2 Å². The van der Waals surface area contributed by atoms with E-state index in [-0.39, 0.29) is 24.6 Å². The first-order valence-electron chi connectivity index (χ1n) is 7.44. The average Bonchev–Trinajstić information content (AvgIpc) is 2.39. The lowest BCUT2D eigenvalue weighted by atomic mass is 9.86. The second-order valence-corrected chi connectivity index (χ2v) is 7.92. The lowest BCUT2D eigenvalue weighted by Gasteiger charge is -2.25. The fourth-order valence-electron chi connectivity index (χ4n) is 2.22. The number of halogens is 1. The van der Waals surface area contributed by atoms with Gasteiger partial charge >= 0.3 is 0 Å². The molecule has 0 saturated heterocycles. The van der Waals surface area contributed by atoms with Crippen molar-refractivity contribution in [2.45, 2.75) is 25.7 Å². The summed E-state index contributed by atoms with van der Waals surface area (Å²) in [6, 6.07) is 7.10. The molecule has 22 heavy (non-hydrogen) atoms. The highest BCUT2D eigenvalue weighted by atomic mass is 35.5. The molecule has 2 N–H and O–H groups in total. The molecule has 1 aliphatic carbocycles. The molecular formula is C15H21ClN2O3S. The van der Waals surface area contributed by atoms with Crippen molar-refractivity contribution in [3.05, 3.63) is 34.9 Å². The number of sulfonamides is 1. The van der Waals surface area contributed by atoms with Crippen molar-refractivity contribution in [2.24, 2.45) is 5.92 Å². The van der Waals surface area contributed by atoms with Gasteiger partial charge in [-0.05, 0) is 30.4 Å². The molecule has 1 saturated carbocycles. The third-order valence-corrected chi connectivity index (χ3v) is 5.54. The minimum Gasteiger partial charge on any atom is -0.355 e. The Morgan fingerprint density at radius 1 is 1.27 bits per heavy atom. The van der Waals surface area contributed by atoms with E-state index in [4.69, 9.17) is 11.6 Å². The lowest BCUT2D eigenvalue weighted by molar-refractivity contribution is -0.120. The molecule has 0 heterocycles. The molecule has 0 bridgehead atoms. The second kappa shape index (κ2) is 7.94. The fourth-order valence-corrected chi connectivity index (χ4v) is 3.42. The van der Waals surface area contributed by atoms with E-state index in [0.29, 0.717) is 17.5 Å². The Morgan fingerprint density at radius 2 is 2.00 bits per heavy atom. The summed E-state index contributed by atoms with van der Waals surface area (Å²) < 4.78 is 26.2. The number of hydrogen-bond acceptors (Lipinski definition) is 3. The summed E-state index contributed by atoms with van der Waals surface area (Å²) in [5, 5.41) is 3.15. The molecule has 122 valence electrons. The molecule has 2 rings (SSSR count). The summed E-state index contributed by atoms with van der Waals surface area (Å²) in [7, 11) is -3.32. The van der Waals surface area contributed by atoms with Crippen LogP contribution in [0.15, 0.2) is 24.3 Å². The molecule has 1 fully saturated rings. The molecule has 1 amide bonds. The van der Waals surface area contributed by atoms with Crippen LogP contribution in [-0.2, 0) is 21.2 Å². The van der Waals surface area contributed by atoms with Crippen LogP contribution in [0.5, 0.6) is 0 Å². The summed E-state index contributed by atoms with van der Waals surface area (Å²) >= 11 is 5.98. The lowest BCUT2D eigenvalue weighted by Crippen LogP contribution is -2.38. The smallest absolute Gasteiger partial charge is 0.224 e. The van der Waals surface area contributed by atoms with Crippen LogP contribution in [0.4, 0.5) is 0 Å². The molecular weight excluding hydrogens is 324 g/mol. The molecule has 0 spiro atoms. The van der Waals surface area contributed by atoms with Crippen LogP contribution in [0.1, 0.15) is 24.8 Å². The van der Waals surface area contributed by atoms with Crippen molar-refractivity contribution in [3.8, 4) is 0 Å². The zero-order chi connectivity index (χ0) is 16.0. The van der Waals surface area contributed by atoms with Crippen molar-refractivity contribution < 1.29 is 13.2 Å². The number of nitrogens with one attached hydrogen (secondary N) is 2. The Labute approximate surface area is 136 Å². The van der Waals surface area contributed by atoms with Gasteiger partial charge in [-0.2, -0.15) is 0 Å². The zero-order valence-corrected chi connectivity index (χ0v) is 13.9. The highest BCUT2D eigenvalue weighted by molar-refractivity contribution is 7.89. The largest absolute Gasteiger partial charge is 0.355 e. The van der Waals surface area contributed by atoms with E-state index in [2.05, 4.69) is 10.0 Å². The summed E-state index contributed by atoms with van der Waals surface area (Å²) in [6.07, 6.45) is 3.52. The number of carbonyl (C=O) groups is 1. The third-order valence-electron chi connectivity index (χ3n) is 3.82. The van der Waals surface area contributed by atoms with Crippen LogP contribution >= 0.6 is 11.6 Å². The van der Waals surface area contributed by atoms with Gasteiger partial charge in [-0.15, -0.1) is 0 Å². The van der Waals surface area contributed by atoms with Crippen LogP contribution in [0.25, 0.3) is 0 Å². The van der Waals surface area contributed by atoms with Crippen molar-refractivity contribution >= 4 is 27.5 Å². The van der Waals surface area contributed by atoms with E-state index in [1.807, 2.05) is 6.07 Å². The highest BCUT2D eigenvalue weighted by Crippen LogP contribution is 2.25. The topological polar surface area (TPSA) is 75.3 Å². The van der Waals surface area contributed by atoms with Gasteiger partial charge in [0.1, 0.15) is 0 Å². The number of amides is 1. The van der Waals surface area contributed by atoms with Crippen LogP contribution in [0, 0.1) is 5.92 Å². The maximum Gasteiger partial charge on any atom is 0.224 e. The first kappa shape index (κ1) is 17.2. The Hall–Kier alpha value is -1.11. The third kappa shape index (κ3) is 5.59. The number of carbonyl (C=O) groups excluding carboxylic acids is 1. The van der Waals surface area contributed by atoms with Gasteiger partial charge in [0, 0.05) is 18.1 Å². The first-order chi connectivity index (χ1) is 10.5. The summed E-state index contributed by atoms with van der Waals surface area (Å²) in [6.45, 7) is 0.610. The van der Waals surface area contributed by atoms with E-state index >= 15 is 0 Å². The van der Waals surface area contributed by atoms with E-state index < -0.39 is 10.0 Å². The van der Waals surface area contributed by atoms with Crippen LogP contribution in [-0.4, -0.2) is 33.2 Å². The minimum atomic E-state index is -3.32. The van der Waals surface area contributed by atoms with Crippen LogP contribution in [0.2, 0.25) is 5.02 Å². The van der Waals surface area contributed by atoms with E-state index in [9.17, 15) is 13.2 Å². The average molecular weight is 345 g/mol. The maximum absolute atomic E-state index is 11.8. The molecule has 7 heteroatoms. The summed E-state index contributed by atoms with van der Waals surface area (Å²) in [5.41, 5.74) is 0.729. The van der Waals surface area contributed by atoms with Gasteiger partial charge in [0.05, 0.1) is 12.2 Å². The SMILES string of the molecule is O=C(Cc1ccccc1Cl)NCCS(=O)(=O)NCC1CCC1. The molecule has 1 aromatic carbocycles. The van der Waals surface area contributed by atoms with Crippen molar-refractivity contribution in [3.63, 3.8) is 0 Å². The number of hydrogen-bond donors (Lipinski definition) is 2. The highest BCUT2D eigenvalue weighted by Gasteiger charge is 2.20. The Balaban J connectivity index is 1.68. The van der Waals surface area contributed by atoms with Gasteiger partial charge in [-0.3, -0.25) is 4.79 Å². The number of rotatable bonds is 8. The van der Waals surface area contributed by atoms with Crippen LogP contribution in [0.3, 0.4) is 0 Å². The Morgan fingerprint density at radius 3 is 2.64 bits per heavy atom. The summed E-state index contributed by atoms with van der Waals surface area (Å²) in [5.74, 6) is 0.139. The minimum absolute atomic E-state index is 0.100. The van der Waals surface area contributed by atoms with E-state index in [0.717, 1.165) is 18.4 Å². The first-order valence-corrected chi connectivity index (χ1v) is 9.47.